The van der Waals surface area contributed by atoms with Crippen LogP contribution >= 0.6 is 0 Å². The molecule has 0 aromatic heterocycles. The van der Waals surface area contributed by atoms with E-state index >= 15 is 0 Å². The number of hydrogen-bond acceptors (Lipinski definition) is 6. The monoisotopic (exact) mass is 251 g/mol. The van der Waals surface area contributed by atoms with Crippen molar-refractivity contribution in [1.82, 2.24) is 0 Å². The first-order chi connectivity index (χ1) is 8.65. The number of rotatable bonds is 2. The Bertz CT molecular complexity index is 507. The minimum atomic E-state index is -1.15. The first-order valence-corrected chi connectivity index (χ1v) is 5.54. The smallest absolute Gasteiger partial charge is 0.486 e. The number of ether oxygens (including phenoxy) is 2. The van der Waals surface area contributed by atoms with E-state index in [0.717, 1.165) is 0 Å². The molecule has 1 unspecified atom stereocenters. The van der Waals surface area contributed by atoms with Crippen LogP contribution in [0.3, 0.4) is 0 Å². The molecular weight excluding hydrogens is 241 g/mol. The molecule has 18 heavy (non-hydrogen) atoms. The molecule has 94 valence electrons. The first kappa shape index (κ1) is 11.3. The Morgan fingerprint density at radius 2 is 2.06 bits per heavy atom. The summed E-state index contributed by atoms with van der Waals surface area (Å²) >= 11 is 0. The van der Waals surface area contributed by atoms with Crippen molar-refractivity contribution in [2.24, 2.45) is 0 Å². The summed E-state index contributed by atoms with van der Waals surface area (Å²) in [4.78, 5) is 10.1. The van der Waals surface area contributed by atoms with E-state index in [1.54, 1.807) is 12.1 Å². The number of hydrogen-bond donors (Lipinski definition) is 1. The zero-order chi connectivity index (χ0) is 12.7. The molecule has 0 saturated carbocycles. The maximum atomic E-state index is 10.5. The summed E-state index contributed by atoms with van der Waals surface area (Å²) in [5.74, 6) is 1.07. The Labute approximate surface area is 103 Å². The Morgan fingerprint density at radius 3 is 2.72 bits per heavy atom. The van der Waals surface area contributed by atoms with Crippen LogP contribution in [-0.2, 0) is 4.65 Å². The molecule has 0 amide bonds. The Hall–Kier alpha value is -1.80. The van der Waals surface area contributed by atoms with Gasteiger partial charge in [-0.25, -0.2) is 0 Å². The van der Waals surface area contributed by atoms with Crippen LogP contribution in [0.15, 0.2) is 12.1 Å². The van der Waals surface area contributed by atoms with Crippen LogP contribution in [-0.4, -0.2) is 36.8 Å². The van der Waals surface area contributed by atoms with E-state index in [4.69, 9.17) is 14.1 Å². The van der Waals surface area contributed by atoms with E-state index < -0.39 is 18.1 Å². The molecule has 3 rings (SSSR count). The van der Waals surface area contributed by atoms with Gasteiger partial charge in [0, 0.05) is 4.92 Å². The average Bonchev–Trinajstić information content (AvgIpc) is 2.63. The van der Waals surface area contributed by atoms with E-state index in [1.807, 2.05) is 0 Å². The van der Waals surface area contributed by atoms with Gasteiger partial charge in [-0.15, -0.1) is 0 Å². The topological polar surface area (TPSA) is 91.1 Å². The van der Waals surface area contributed by atoms with Crippen molar-refractivity contribution in [2.45, 2.75) is 6.10 Å². The summed E-state index contributed by atoms with van der Waals surface area (Å²) in [5.41, 5.74) is 1.09. The van der Waals surface area contributed by atoms with Crippen LogP contribution in [0.5, 0.6) is 11.5 Å². The summed E-state index contributed by atoms with van der Waals surface area (Å²) in [7, 11) is -1.15. The standard InChI is InChI=1S/C10H10BNO6/c13-11-7-4-9-8(16-1-2-17-9)3-6(7)10(18-11)5-12(14)15/h3-4,10,13H,1-2,5H2. The third-order valence-corrected chi connectivity index (χ3v) is 2.97. The van der Waals surface area contributed by atoms with Gasteiger partial charge in [0.2, 0.25) is 6.54 Å². The van der Waals surface area contributed by atoms with Crippen LogP contribution in [0.2, 0.25) is 0 Å². The summed E-state index contributed by atoms with van der Waals surface area (Å²) in [6, 6.07) is 3.27. The third kappa shape index (κ3) is 1.79. The lowest BCUT2D eigenvalue weighted by Crippen LogP contribution is -2.29. The fraction of sp³-hybridized carbons (Fsp3) is 0.400. The van der Waals surface area contributed by atoms with Crippen molar-refractivity contribution in [3.63, 3.8) is 0 Å². The molecule has 0 saturated heterocycles. The van der Waals surface area contributed by atoms with Crippen LogP contribution in [0.25, 0.3) is 0 Å². The van der Waals surface area contributed by atoms with Gasteiger partial charge < -0.3 is 19.2 Å². The molecule has 0 spiro atoms. The molecule has 1 N–H and O–H groups in total. The fourth-order valence-electron chi connectivity index (χ4n) is 2.19. The van der Waals surface area contributed by atoms with E-state index in [-0.39, 0.29) is 6.54 Å². The predicted octanol–water partition coefficient (Wildman–Crippen LogP) is -0.507. The molecular formula is C10H10BNO6. The van der Waals surface area contributed by atoms with E-state index in [2.05, 4.69) is 0 Å². The molecule has 1 aromatic carbocycles. The SMILES string of the molecule is O=[N+]([O-])CC1OB(O)c2cc3c(cc21)OCCO3. The Balaban J connectivity index is 2.00. The summed E-state index contributed by atoms with van der Waals surface area (Å²) in [6.45, 7) is 0.500. The molecule has 0 bridgehead atoms. The number of nitrogens with zero attached hydrogens (tertiary/aromatic N) is 1. The Kier molecular flexibility index (Phi) is 2.60. The lowest BCUT2D eigenvalue weighted by Gasteiger charge is -2.19. The maximum Gasteiger partial charge on any atom is 0.492 e. The molecule has 8 heteroatoms. The van der Waals surface area contributed by atoms with E-state index in [1.165, 1.54) is 0 Å². The van der Waals surface area contributed by atoms with Crippen molar-refractivity contribution in [1.29, 1.82) is 0 Å². The first-order valence-electron chi connectivity index (χ1n) is 5.54. The van der Waals surface area contributed by atoms with Crippen LogP contribution in [0.1, 0.15) is 11.7 Å². The van der Waals surface area contributed by atoms with Crippen molar-refractivity contribution < 1.29 is 24.1 Å². The van der Waals surface area contributed by atoms with Crippen molar-refractivity contribution in [3.05, 3.63) is 27.8 Å². The molecule has 0 aliphatic carbocycles. The minimum absolute atomic E-state index is 0.385. The van der Waals surface area contributed by atoms with Gasteiger partial charge in [-0.2, -0.15) is 0 Å². The average molecular weight is 251 g/mol. The van der Waals surface area contributed by atoms with Gasteiger partial charge >= 0.3 is 7.12 Å². The molecule has 0 radical (unpaired) electrons. The van der Waals surface area contributed by atoms with Crippen LogP contribution < -0.4 is 14.9 Å². The summed E-state index contributed by atoms with van der Waals surface area (Å²) in [5, 5.41) is 20.3. The quantitative estimate of drug-likeness (QED) is 0.432. The third-order valence-electron chi connectivity index (χ3n) is 2.97. The normalized spacial score (nSPS) is 20.7. The summed E-state index contributed by atoms with van der Waals surface area (Å²) < 4.78 is 16.0. The van der Waals surface area contributed by atoms with Crippen LogP contribution in [0.4, 0.5) is 0 Å². The zero-order valence-electron chi connectivity index (χ0n) is 9.37. The van der Waals surface area contributed by atoms with Gasteiger partial charge in [0.15, 0.2) is 11.5 Å². The highest BCUT2D eigenvalue weighted by Crippen LogP contribution is 2.35. The van der Waals surface area contributed by atoms with Crippen molar-refractivity contribution in [2.75, 3.05) is 19.8 Å². The highest BCUT2D eigenvalue weighted by molar-refractivity contribution is 6.61. The largest absolute Gasteiger partial charge is 0.492 e. The second-order valence-corrected chi connectivity index (χ2v) is 4.12. The lowest BCUT2D eigenvalue weighted by atomic mass is 9.79. The van der Waals surface area contributed by atoms with Gasteiger partial charge in [0.1, 0.15) is 19.3 Å². The van der Waals surface area contributed by atoms with Gasteiger partial charge in [-0.3, -0.25) is 10.1 Å². The fourth-order valence-corrected chi connectivity index (χ4v) is 2.19. The molecule has 1 atom stereocenters. The summed E-state index contributed by atoms with van der Waals surface area (Å²) in [6.07, 6.45) is -0.749. The molecule has 0 fully saturated rings. The second kappa shape index (κ2) is 4.15. The van der Waals surface area contributed by atoms with E-state index in [0.29, 0.717) is 35.7 Å². The molecule has 7 nitrogen and oxygen atoms in total. The molecule has 1 aromatic rings. The van der Waals surface area contributed by atoms with Crippen LogP contribution in [0, 0.1) is 10.1 Å². The highest BCUT2D eigenvalue weighted by Gasteiger charge is 2.39. The number of fused-ring (bicyclic) bond motifs is 2. The van der Waals surface area contributed by atoms with Crippen molar-refractivity contribution >= 4 is 12.6 Å². The molecule has 2 heterocycles. The number of benzene rings is 1. The maximum absolute atomic E-state index is 10.5. The number of nitro groups is 1. The zero-order valence-corrected chi connectivity index (χ0v) is 9.37. The molecule has 2 aliphatic heterocycles. The van der Waals surface area contributed by atoms with Gasteiger partial charge in [-0.05, 0) is 23.2 Å². The highest BCUT2D eigenvalue weighted by atomic mass is 16.6. The lowest BCUT2D eigenvalue weighted by molar-refractivity contribution is -0.490. The molecule has 2 aliphatic rings. The van der Waals surface area contributed by atoms with Gasteiger partial charge in [-0.1, -0.05) is 0 Å². The van der Waals surface area contributed by atoms with Gasteiger partial charge in [0.25, 0.3) is 0 Å². The second-order valence-electron chi connectivity index (χ2n) is 4.12. The van der Waals surface area contributed by atoms with Gasteiger partial charge in [0.05, 0.1) is 0 Å². The Morgan fingerprint density at radius 1 is 1.39 bits per heavy atom. The van der Waals surface area contributed by atoms with E-state index in [9.17, 15) is 15.1 Å². The predicted molar refractivity (Wildman–Crippen MR) is 60.7 cm³/mol. The van der Waals surface area contributed by atoms with Crippen molar-refractivity contribution in [3.8, 4) is 11.5 Å². The minimum Gasteiger partial charge on any atom is -0.486 e.